The molecule has 3 aromatic rings. The first-order valence-electron chi connectivity index (χ1n) is 9.06. The summed E-state index contributed by atoms with van der Waals surface area (Å²) in [5.41, 5.74) is 2.51. The Labute approximate surface area is 174 Å². The number of hydrogen-bond acceptors (Lipinski definition) is 5. The predicted molar refractivity (Wildman–Crippen MR) is 117 cm³/mol. The fourth-order valence-corrected chi connectivity index (χ4v) is 4.42. The normalized spacial score (nSPS) is 11.2. The molecule has 3 rings (SSSR count). The van der Waals surface area contributed by atoms with Crippen molar-refractivity contribution in [3.05, 3.63) is 52.5 Å². The van der Waals surface area contributed by atoms with Crippen LogP contribution in [0.2, 0.25) is 5.02 Å². The van der Waals surface area contributed by atoms with Gasteiger partial charge >= 0.3 is 0 Å². The molecule has 5 nitrogen and oxygen atoms in total. The third kappa shape index (κ3) is 4.63. The van der Waals surface area contributed by atoms with E-state index in [1.807, 2.05) is 33.2 Å². The number of benzene rings is 2. The summed E-state index contributed by atoms with van der Waals surface area (Å²) >= 11 is 7.69. The van der Waals surface area contributed by atoms with Crippen LogP contribution >= 0.6 is 22.9 Å². The lowest BCUT2D eigenvalue weighted by Gasteiger charge is -2.21. The van der Waals surface area contributed by atoms with Crippen LogP contribution in [0, 0.1) is 6.92 Å². The SMILES string of the molecule is COc1ccc(C(=O)N(CCCN(C)C)c2nc3c(C)cc(Cl)cc3s2)cc1. The number of hydrogen-bond donors (Lipinski definition) is 0. The van der Waals surface area contributed by atoms with Gasteiger partial charge in [0.2, 0.25) is 0 Å². The molecule has 0 fully saturated rings. The van der Waals surface area contributed by atoms with Crippen molar-refractivity contribution in [3.8, 4) is 5.75 Å². The Kier molecular flexibility index (Phi) is 6.54. The lowest BCUT2D eigenvalue weighted by atomic mass is 10.2. The van der Waals surface area contributed by atoms with Crippen LogP contribution in [0.5, 0.6) is 5.75 Å². The lowest BCUT2D eigenvalue weighted by Crippen LogP contribution is -2.33. The average molecular weight is 418 g/mol. The third-order valence-corrected chi connectivity index (χ3v) is 5.68. The van der Waals surface area contributed by atoms with Gasteiger partial charge in [-0.1, -0.05) is 22.9 Å². The third-order valence-electron chi connectivity index (χ3n) is 4.44. The predicted octanol–water partition coefficient (Wildman–Crippen LogP) is 4.87. The van der Waals surface area contributed by atoms with Gasteiger partial charge in [-0.3, -0.25) is 9.69 Å². The number of carbonyl (C=O) groups is 1. The zero-order valence-electron chi connectivity index (χ0n) is 16.5. The second-order valence-electron chi connectivity index (χ2n) is 6.91. The molecule has 0 spiro atoms. The highest BCUT2D eigenvalue weighted by molar-refractivity contribution is 7.22. The summed E-state index contributed by atoms with van der Waals surface area (Å²) in [5, 5.41) is 1.38. The summed E-state index contributed by atoms with van der Waals surface area (Å²) in [6.45, 7) is 3.47. The molecule has 0 aliphatic rings. The summed E-state index contributed by atoms with van der Waals surface area (Å²) in [7, 11) is 5.66. The Balaban J connectivity index is 1.95. The number of carbonyl (C=O) groups excluding carboxylic acids is 1. The van der Waals surface area contributed by atoms with Crippen molar-refractivity contribution in [1.29, 1.82) is 0 Å². The minimum absolute atomic E-state index is 0.0655. The van der Waals surface area contributed by atoms with Gasteiger partial charge in [0.15, 0.2) is 5.13 Å². The molecular formula is C21H24ClN3O2S. The summed E-state index contributed by atoms with van der Waals surface area (Å²) < 4.78 is 6.18. The maximum atomic E-state index is 13.3. The molecule has 2 aromatic carbocycles. The Morgan fingerprint density at radius 2 is 1.89 bits per heavy atom. The first kappa shape index (κ1) is 20.6. The number of nitrogens with zero attached hydrogens (tertiary/aromatic N) is 3. The van der Waals surface area contributed by atoms with Crippen LogP contribution < -0.4 is 9.64 Å². The average Bonchev–Trinajstić information content (AvgIpc) is 3.08. The van der Waals surface area contributed by atoms with Crippen LogP contribution in [0.1, 0.15) is 22.3 Å². The molecule has 28 heavy (non-hydrogen) atoms. The van der Waals surface area contributed by atoms with Crippen LogP contribution in [-0.4, -0.2) is 50.1 Å². The van der Waals surface area contributed by atoms with Gasteiger partial charge in [0.05, 0.1) is 17.3 Å². The molecular weight excluding hydrogens is 394 g/mol. The first-order chi connectivity index (χ1) is 13.4. The Morgan fingerprint density at radius 1 is 1.18 bits per heavy atom. The number of methoxy groups -OCH3 is 1. The van der Waals surface area contributed by atoms with Crippen LogP contribution in [0.25, 0.3) is 10.2 Å². The number of aromatic nitrogens is 1. The lowest BCUT2D eigenvalue weighted by molar-refractivity contribution is 0.0986. The molecule has 0 saturated heterocycles. The van der Waals surface area contributed by atoms with E-state index in [2.05, 4.69) is 4.90 Å². The number of rotatable bonds is 7. The summed E-state index contributed by atoms with van der Waals surface area (Å²) in [6, 6.07) is 11.0. The molecule has 0 atom stereocenters. The highest BCUT2D eigenvalue weighted by Gasteiger charge is 2.22. The van der Waals surface area contributed by atoms with E-state index in [0.717, 1.165) is 34.5 Å². The van der Waals surface area contributed by atoms with E-state index in [4.69, 9.17) is 21.3 Å². The molecule has 1 amide bonds. The molecule has 0 unspecified atom stereocenters. The van der Waals surface area contributed by atoms with Gasteiger partial charge in [-0.05, 0) is 75.9 Å². The van der Waals surface area contributed by atoms with Crippen LogP contribution in [0.15, 0.2) is 36.4 Å². The van der Waals surface area contributed by atoms with Gasteiger partial charge in [0, 0.05) is 17.1 Å². The van der Waals surface area contributed by atoms with Gasteiger partial charge in [0.25, 0.3) is 5.91 Å². The number of ether oxygens (including phenoxy) is 1. The van der Waals surface area contributed by atoms with Gasteiger partial charge < -0.3 is 9.64 Å². The number of anilines is 1. The zero-order chi connectivity index (χ0) is 20.3. The largest absolute Gasteiger partial charge is 0.497 e. The highest BCUT2D eigenvalue weighted by Crippen LogP contribution is 2.33. The number of halogens is 1. The topological polar surface area (TPSA) is 45.7 Å². The van der Waals surface area contributed by atoms with Gasteiger partial charge in [-0.15, -0.1) is 0 Å². The van der Waals surface area contributed by atoms with Crippen molar-refractivity contribution in [2.75, 3.05) is 39.2 Å². The minimum Gasteiger partial charge on any atom is -0.497 e. The molecule has 0 bridgehead atoms. The molecule has 0 saturated carbocycles. The number of aryl methyl sites for hydroxylation is 1. The smallest absolute Gasteiger partial charge is 0.260 e. The van der Waals surface area contributed by atoms with E-state index < -0.39 is 0 Å². The van der Waals surface area contributed by atoms with E-state index >= 15 is 0 Å². The monoisotopic (exact) mass is 417 g/mol. The molecule has 0 radical (unpaired) electrons. The molecule has 1 heterocycles. The van der Waals surface area contributed by atoms with E-state index in [9.17, 15) is 4.79 Å². The van der Waals surface area contributed by atoms with Gasteiger partial charge in [-0.25, -0.2) is 4.98 Å². The van der Waals surface area contributed by atoms with Crippen molar-refractivity contribution in [2.24, 2.45) is 0 Å². The van der Waals surface area contributed by atoms with Crippen LogP contribution in [0.3, 0.4) is 0 Å². The highest BCUT2D eigenvalue weighted by atomic mass is 35.5. The fraction of sp³-hybridized carbons (Fsp3) is 0.333. The van der Waals surface area contributed by atoms with E-state index in [-0.39, 0.29) is 5.91 Å². The Hall–Kier alpha value is -2.15. The van der Waals surface area contributed by atoms with Crippen molar-refractivity contribution < 1.29 is 9.53 Å². The molecule has 7 heteroatoms. The Morgan fingerprint density at radius 3 is 2.54 bits per heavy atom. The van der Waals surface area contributed by atoms with E-state index in [0.29, 0.717) is 22.3 Å². The number of thiazole rings is 1. The Bertz CT molecular complexity index is 970. The molecule has 1 aromatic heterocycles. The fourth-order valence-electron chi connectivity index (χ4n) is 2.98. The standard InChI is InChI=1S/C21H24ClN3O2S/c1-14-12-16(22)13-18-19(14)23-21(28-18)25(11-5-10-24(2)3)20(26)15-6-8-17(27-4)9-7-15/h6-9,12-13H,5,10-11H2,1-4H3. The van der Waals surface area contributed by atoms with Gasteiger partial charge in [0.1, 0.15) is 5.75 Å². The van der Waals surface area contributed by atoms with Crippen molar-refractivity contribution >= 4 is 44.2 Å². The molecule has 0 aliphatic carbocycles. The zero-order valence-corrected chi connectivity index (χ0v) is 18.1. The first-order valence-corrected chi connectivity index (χ1v) is 10.3. The van der Waals surface area contributed by atoms with Crippen molar-refractivity contribution in [1.82, 2.24) is 9.88 Å². The summed E-state index contributed by atoms with van der Waals surface area (Å²) in [4.78, 5) is 21.9. The summed E-state index contributed by atoms with van der Waals surface area (Å²) in [6.07, 6.45) is 0.852. The molecule has 148 valence electrons. The van der Waals surface area contributed by atoms with Crippen LogP contribution in [-0.2, 0) is 0 Å². The van der Waals surface area contributed by atoms with Crippen molar-refractivity contribution in [2.45, 2.75) is 13.3 Å². The quantitative estimate of drug-likeness (QED) is 0.550. The second-order valence-corrected chi connectivity index (χ2v) is 8.35. The van der Waals surface area contributed by atoms with Gasteiger partial charge in [-0.2, -0.15) is 0 Å². The van der Waals surface area contributed by atoms with Crippen LogP contribution in [0.4, 0.5) is 5.13 Å². The molecule has 0 aliphatic heterocycles. The summed E-state index contributed by atoms with van der Waals surface area (Å²) in [5.74, 6) is 0.658. The second kappa shape index (κ2) is 8.90. The number of amides is 1. The van der Waals surface area contributed by atoms with Crippen molar-refractivity contribution in [3.63, 3.8) is 0 Å². The maximum absolute atomic E-state index is 13.3. The van der Waals surface area contributed by atoms with E-state index in [1.54, 1.807) is 36.3 Å². The maximum Gasteiger partial charge on any atom is 0.260 e. The van der Waals surface area contributed by atoms with E-state index in [1.165, 1.54) is 11.3 Å². The minimum atomic E-state index is -0.0655. The number of fused-ring (bicyclic) bond motifs is 1. The molecule has 0 N–H and O–H groups in total.